The van der Waals surface area contributed by atoms with Crippen molar-refractivity contribution in [1.82, 2.24) is 10.1 Å². The quantitative estimate of drug-likeness (QED) is 0.811. The number of nitrogens with zero attached hydrogens (tertiary/aromatic N) is 3. The molecule has 1 fully saturated rings. The highest BCUT2D eigenvalue weighted by Gasteiger charge is 2.41. The van der Waals surface area contributed by atoms with Crippen molar-refractivity contribution >= 4 is 5.95 Å². The molecule has 0 spiro atoms. The summed E-state index contributed by atoms with van der Waals surface area (Å²) in [5.74, 6) is 1.63. The van der Waals surface area contributed by atoms with Crippen LogP contribution in [0.2, 0.25) is 0 Å². The van der Waals surface area contributed by atoms with Crippen LogP contribution in [-0.2, 0) is 4.74 Å². The largest absolute Gasteiger partial charge is 0.370 e. The van der Waals surface area contributed by atoms with Crippen LogP contribution in [0.15, 0.2) is 4.52 Å². The van der Waals surface area contributed by atoms with E-state index in [1.807, 2.05) is 19.0 Å². The Bertz CT molecular complexity index is 408. The van der Waals surface area contributed by atoms with E-state index in [1.54, 1.807) is 0 Å². The Morgan fingerprint density at radius 1 is 1.11 bits per heavy atom. The maximum atomic E-state index is 6.07. The number of anilines is 1. The van der Waals surface area contributed by atoms with Gasteiger partial charge in [-0.3, -0.25) is 0 Å². The van der Waals surface area contributed by atoms with Gasteiger partial charge in [-0.25, -0.2) is 0 Å². The lowest BCUT2D eigenvalue weighted by molar-refractivity contribution is -0.164. The van der Waals surface area contributed by atoms with Crippen LogP contribution in [0.25, 0.3) is 0 Å². The summed E-state index contributed by atoms with van der Waals surface area (Å²) in [7, 11) is 3.82. The second kappa shape index (κ2) is 4.23. The molecule has 1 aliphatic heterocycles. The van der Waals surface area contributed by atoms with Crippen LogP contribution in [-0.4, -0.2) is 35.4 Å². The van der Waals surface area contributed by atoms with Gasteiger partial charge in [-0.2, -0.15) is 4.98 Å². The van der Waals surface area contributed by atoms with Crippen molar-refractivity contribution < 1.29 is 9.26 Å². The standard InChI is InChI=1S/C13H23N3O2/c1-12(2)7-9(8-13(3,4)18-12)10-14-11(15-17-10)16(5)6/h9H,7-8H2,1-6H3. The Morgan fingerprint density at radius 3 is 2.11 bits per heavy atom. The molecule has 2 rings (SSSR count). The maximum Gasteiger partial charge on any atom is 0.265 e. The molecule has 1 aromatic rings. The highest BCUT2D eigenvalue weighted by Crippen LogP contribution is 2.42. The normalized spacial score (nSPS) is 23.0. The summed E-state index contributed by atoms with van der Waals surface area (Å²) in [5.41, 5.74) is -0.307. The lowest BCUT2D eigenvalue weighted by Gasteiger charge is -2.44. The molecule has 0 N–H and O–H groups in total. The van der Waals surface area contributed by atoms with Crippen LogP contribution in [0.3, 0.4) is 0 Å². The van der Waals surface area contributed by atoms with Crippen LogP contribution in [0.1, 0.15) is 52.3 Å². The van der Waals surface area contributed by atoms with Crippen LogP contribution >= 0.6 is 0 Å². The predicted octanol–water partition coefficient (Wildman–Crippen LogP) is 2.59. The first kappa shape index (κ1) is 13.3. The molecule has 0 saturated carbocycles. The third kappa shape index (κ3) is 2.83. The van der Waals surface area contributed by atoms with Crippen LogP contribution in [0.5, 0.6) is 0 Å². The maximum absolute atomic E-state index is 6.07. The first-order valence-corrected chi connectivity index (χ1v) is 6.40. The van der Waals surface area contributed by atoms with Gasteiger partial charge in [0.1, 0.15) is 0 Å². The molecule has 0 unspecified atom stereocenters. The van der Waals surface area contributed by atoms with Gasteiger partial charge in [0.15, 0.2) is 0 Å². The lowest BCUT2D eigenvalue weighted by atomic mass is 9.81. The summed E-state index contributed by atoms with van der Waals surface area (Å²) < 4.78 is 11.5. The SMILES string of the molecule is CN(C)c1noc(C2CC(C)(C)OC(C)(C)C2)n1. The highest BCUT2D eigenvalue weighted by atomic mass is 16.5. The topological polar surface area (TPSA) is 51.4 Å². The van der Waals surface area contributed by atoms with Gasteiger partial charge < -0.3 is 14.2 Å². The number of hydrogen-bond donors (Lipinski definition) is 0. The van der Waals surface area contributed by atoms with E-state index in [-0.39, 0.29) is 17.1 Å². The first-order chi connectivity index (χ1) is 8.19. The van der Waals surface area contributed by atoms with Gasteiger partial charge in [-0.15, -0.1) is 0 Å². The fraction of sp³-hybridized carbons (Fsp3) is 0.846. The van der Waals surface area contributed by atoms with Crippen LogP contribution in [0.4, 0.5) is 5.95 Å². The molecular formula is C13H23N3O2. The van der Waals surface area contributed by atoms with Crippen molar-refractivity contribution in [1.29, 1.82) is 0 Å². The molecule has 2 heterocycles. The molecule has 102 valence electrons. The Kier molecular flexibility index (Phi) is 3.13. The molecule has 0 aliphatic carbocycles. The lowest BCUT2D eigenvalue weighted by Crippen LogP contribution is -2.44. The molecule has 0 atom stereocenters. The fourth-order valence-corrected chi connectivity index (χ4v) is 2.84. The molecule has 0 aromatic carbocycles. The van der Waals surface area contributed by atoms with Crippen molar-refractivity contribution in [3.05, 3.63) is 5.89 Å². The third-order valence-corrected chi connectivity index (χ3v) is 3.21. The molecule has 0 bridgehead atoms. The minimum atomic E-state index is -0.154. The molecule has 5 nitrogen and oxygen atoms in total. The number of rotatable bonds is 2. The summed E-state index contributed by atoms with van der Waals surface area (Å²) in [4.78, 5) is 6.31. The summed E-state index contributed by atoms with van der Waals surface area (Å²) in [6.45, 7) is 8.46. The zero-order valence-electron chi connectivity index (χ0n) is 12.1. The van der Waals surface area contributed by atoms with Gasteiger partial charge in [0.25, 0.3) is 5.95 Å². The third-order valence-electron chi connectivity index (χ3n) is 3.21. The van der Waals surface area contributed by atoms with E-state index < -0.39 is 0 Å². The molecular weight excluding hydrogens is 230 g/mol. The average molecular weight is 253 g/mol. The van der Waals surface area contributed by atoms with Crippen LogP contribution in [0, 0.1) is 0 Å². The minimum absolute atomic E-state index is 0.154. The molecule has 18 heavy (non-hydrogen) atoms. The molecule has 0 radical (unpaired) electrons. The fourth-order valence-electron chi connectivity index (χ4n) is 2.84. The van der Waals surface area contributed by atoms with Crippen molar-refractivity contribution in [3.63, 3.8) is 0 Å². The van der Waals surface area contributed by atoms with E-state index in [1.165, 1.54) is 0 Å². The van der Waals surface area contributed by atoms with Gasteiger partial charge in [0.05, 0.1) is 11.2 Å². The molecule has 1 saturated heterocycles. The average Bonchev–Trinajstić information content (AvgIpc) is 2.60. The second-order valence-electron chi connectivity index (χ2n) is 6.55. The van der Waals surface area contributed by atoms with Gasteiger partial charge in [-0.1, -0.05) is 0 Å². The zero-order valence-corrected chi connectivity index (χ0v) is 12.1. The molecule has 1 aromatic heterocycles. The molecule has 1 aliphatic rings. The number of aromatic nitrogens is 2. The zero-order chi connectivity index (χ0) is 13.6. The predicted molar refractivity (Wildman–Crippen MR) is 69.8 cm³/mol. The van der Waals surface area contributed by atoms with Crippen molar-refractivity contribution in [3.8, 4) is 0 Å². The number of hydrogen-bond acceptors (Lipinski definition) is 5. The van der Waals surface area contributed by atoms with Crippen molar-refractivity contribution in [2.45, 2.75) is 57.7 Å². The van der Waals surface area contributed by atoms with E-state index in [0.29, 0.717) is 5.95 Å². The van der Waals surface area contributed by atoms with E-state index in [4.69, 9.17) is 9.26 Å². The summed E-state index contributed by atoms with van der Waals surface area (Å²) in [5, 5.41) is 3.99. The Balaban J connectivity index is 2.21. The first-order valence-electron chi connectivity index (χ1n) is 6.40. The van der Waals surface area contributed by atoms with Gasteiger partial charge in [0, 0.05) is 20.0 Å². The minimum Gasteiger partial charge on any atom is -0.370 e. The van der Waals surface area contributed by atoms with Crippen LogP contribution < -0.4 is 4.90 Å². The van der Waals surface area contributed by atoms with Crippen molar-refractivity contribution in [2.75, 3.05) is 19.0 Å². The second-order valence-corrected chi connectivity index (χ2v) is 6.55. The van der Waals surface area contributed by atoms with Gasteiger partial charge >= 0.3 is 0 Å². The molecule has 5 heteroatoms. The summed E-state index contributed by atoms with van der Waals surface area (Å²) in [6.07, 6.45) is 1.82. The smallest absolute Gasteiger partial charge is 0.265 e. The van der Waals surface area contributed by atoms with E-state index >= 15 is 0 Å². The summed E-state index contributed by atoms with van der Waals surface area (Å²) in [6, 6.07) is 0. The Labute approximate surface area is 108 Å². The molecule has 0 amide bonds. The summed E-state index contributed by atoms with van der Waals surface area (Å²) >= 11 is 0. The van der Waals surface area contributed by atoms with Gasteiger partial charge in [0.2, 0.25) is 5.89 Å². The monoisotopic (exact) mass is 253 g/mol. The van der Waals surface area contributed by atoms with Crippen molar-refractivity contribution in [2.24, 2.45) is 0 Å². The highest BCUT2D eigenvalue weighted by molar-refractivity contribution is 5.24. The van der Waals surface area contributed by atoms with E-state index in [0.717, 1.165) is 18.7 Å². The van der Waals surface area contributed by atoms with E-state index in [9.17, 15) is 0 Å². The van der Waals surface area contributed by atoms with Gasteiger partial charge in [-0.05, 0) is 45.7 Å². The number of ether oxygens (including phenoxy) is 1. The Morgan fingerprint density at radius 2 is 1.67 bits per heavy atom. The van der Waals surface area contributed by atoms with E-state index in [2.05, 4.69) is 37.8 Å². The Hall–Kier alpha value is -1.10.